The second-order valence-electron chi connectivity index (χ2n) is 6.48. The molecular weight excluding hydrogens is 350 g/mol. The Kier molecular flexibility index (Phi) is 6.03. The SMILES string of the molecule is C[C@@H]1CN(CC(=O)Nc2ccc(NC(=O)c3cccs3)cc2)[C@H](C)CO1. The summed E-state index contributed by atoms with van der Waals surface area (Å²) in [5.41, 5.74) is 1.40. The van der Waals surface area contributed by atoms with Crippen molar-refractivity contribution in [3.05, 3.63) is 46.7 Å². The first-order valence-electron chi connectivity index (χ1n) is 8.61. The Morgan fingerprint density at radius 1 is 1.15 bits per heavy atom. The van der Waals surface area contributed by atoms with Gasteiger partial charge in [-0.25, -0.2) is 0 Å². The average Bonchev–Trinajstić information content (AvgIpc) is 3.14. The molecule has 1 aliphatic heterocycles. The standard InChI is InChI=1S/C19H23N3O3S/c1-13-12-25-14(2)10-22(13)11-18(23)20-15-5-7-16(8-6-15)21-19(24)17-4-3-9-26-17/h3-9,13-14H,10-12H2,1-2H3,(H,20,23)(H,21,24)/t13-,14-/m1/s1. The Morgan fingerprint density at radius 2 is 1.85 bits per heavy atom. The number of carbonyl (C=O) groups excluding carboxylic acids is 2. The molecule has 2 amide bonds. The third kappa shape index (κ3) is 4.91. The van der Waals surface area contributed by atoms with E-state index in [1.807, 2.05) is 18.4 Å². The smallest absolute Gasteiger partial charge is 0.265 e. The third-order valence-electron chi connectivity index (χ3n) is 4.26. The van der Waals surface area contributed by atoms with Crippen molar-refractivity contribution in [2.45, 2.75) is 26.0 Å². The molecule has 1 saturated heterocycles. The molecule has 1 aromatic carbocycles. The molecule has 2 N–H and O–H groups in total. The quantitative estimate of drug-likeness (QED) is 0.845. The van der Waals surface area contributed by atoms with Gasteiger partial charge in [-0.1, -0.05) is 6.07 Å². The Bertz CT molecular complexity index is 746. The number of rotatable bonds is 5. The molecular formula is C19H23N3O3S. The van der Waals surface area contributed by atoms with E-state index in [9.17, 15) is 9.59 Å². The first-order valence-corrected chi connectivity index (χ1v) is 9.49. The second-order valence-corrected chi connectivity index (χ2v) is 7.43. The molecule has 1 aliphatic rings. The van der Waals surface area contributed by atoms with Gasteiger partial charge >= 0.3 is 0 Å². The van der Waals surface area contributed by atoms with E-state index in [2.05, 4.69) is 22.5 Å². The number of ether oxygens (including phenoxy) is 1. The van der Waals surface area contributed by atoms with E-state index in [0.717, 1.165) is 6.54 Å². The van der Waals surface area contributed by atoms with Crippen molar-refractivity contribution in [2.24, 2.45) is 0 Å². The molecule has 0 aliphatic carbocycles. The van der Waals surface area contributed by atoms with Crippen molar-refractivity contribution in [3.8, 4) is 0 Å². The van der Waals surface area contributed by atoms with Crippen LogP contribution in [0.3, 0.4) is 0 Å². The zero-order valence-electron chi connectivity index (χ0n) is 14.9. The van der Waals surface area contributed by atoms with Crippen LogP contribution in [0.2, 0.25) is 0 Å². The fourth-order valence-electron chi connectivity index (χ4n) is 2.81. The van der Waals surface area contributed by atoms with E-state index in [1.165, 1.54) is 11.3 Å². The molecule has 1 fully saturated rings. The lowest BCUT2D eigenvalue weighted by Gasteiger charge is -2.36. The molecule has 6 nitrogen and oxygen atoms in total. The van der Waals surface area contributed by atoms with Gasteiger partial charge in [-0.15, -0.1) is 11.3 Å². The van der Waals surface area contributed by atoms with Gasteiger partial charge in [0.05, 0.1) is 24.1 Å². The lowest BCUT2D eigenvalue weighted by Crippen LogP contribution is -2.50. The number of nitrogens with zero attached hydrogens (tertiary/aromatic N) is 1. The molecule has 0 radical (unpaired) electrons. The topological polar surface area (TPSA) is 70.7 Å². The van der Waals surface area contributed by atoms with Crippen LogP contribution >= 0.6 is 11.3 Å². The highest BCUT2D eigenvalue weighted by Gasteiger charge is 2.25. The summed E-state index contributed by atoms with van der Waals surface area (Å²) in [5, 5.41) is 7.60. The van der Waals surface area contributed by atoms with Crippen molar-refractivity contribution in [2.75, 3.05) is 30.3 Å². The van der Waals surface area contributed by atoms with Crippen molar-refractivity contribution in [1.29, 1.82) is 0 Å². The molecule has 26 heavy (non-hydrogen) atoms. The van der Waals surface area contributed by atoms with Gasteiger partial charge in [0, 0.05) is 24.0 Å². The van der Waals surface area contributed by atoms with Gasteiger partial charge in [0.25, 0.3) is 5.91 Å². The van der Waals surface area contributed by atoms with E-state index in [0.29, 0.717) is 29.4 Å². The first-order chi connectivity index (χ1) is 12.5. The van der Waals surface area contributed by atoms with Crippen molar-refractivity contribution < 1.29 is 14.3 Å². The monoisotopic (exact) mass is 373 g/mol. The van der Waals surface area contributed by atoms with E-state index in [4.69, 9.17) is 4.74 Å². The van der Waals surface area contributed by atoms with Gasteiger partial charge in [0.1, 0.15) is 0 Å². The predicted molar refractivity (Wildman–Crippen MR) is 104 cm³/mol. The normalized spacial score (nSPS) is 20.5. The van der Waals surface area contributed by atoms with Gasteiger partial charge in [-0.3, -0.25) is 14.5 Å². The lowest BCUT2D eigenvalue weighted by molar-refractivity contribution is -0.121. The summed E-state index contributed by atoms with van der Waals surface area (Å²) in [6.07, 6.45) is 0.144. The largest absolute Gasteiger partial charge is 0.376 e. The number of thiophene rings is 1. The highest BCUT2D eigenvalue weighted by molar-refractivity contribution is 7.12. The van der Waals surface area contributed by atoms with Crippen LogP contribution in [0.1, 0.15) is 23.5 Å². The molecule has 0 bridgehead atoms. The van der Waals surface area contributed by atoms with Crippen LogP contribution in [0, 0.1) is 0 Å². The fourth-order valence-corrected chi connectivity index (χ4v) is 3.43. The molecule has 3 rings (SSSR count). The second kappa shape index (κ2) is 8.44. The van der Waals surface area contributed by atoms with Crippen LogP contribution in [-0.4, -0.2) is 48.6 Å². The van der Waals surface area contributed by atoms with E-state index in [1.54, 1.807) is 30.3 Å². The summed E-state index contributed by atoms with van der Waals surface area (Å²) in [4.78, 5) is 27.1. The minimum absolute atomic E-state index is 0.0543. The third-order valence-corrected chi connectivity index (χ3v) is 5.12. The maximum absolute atomic E-state index is 12.3. The molecule has 2 atom stereocenters. The van der Waals surface area contributed by atoms with Gasteiger partial charge in [-0.05, 0) is 49.6 Å². The van der Waals surface area contributed by atoms with Crippen molar-refractivity contribution in [3.63, 3.8) is 0 Å². The lowest BCUT2D eigenvalue weighted by atomic mass is 10.2. The van der Waals surface area contributed by atoms with Crippen LogP contribution < -0.4 is 10.6 Å². The van der Waals surface area contributed by atoms with E-state index in [-0.39, 0.29) is 24.0 Å². The summed E-state index contributed by atoms with van der Waals surface area (Å²) in [5.74, 6) is -0.187. The molecule has 1 aromatic heterocycles. The maximum atomic E-state index is 12.3. The summed E-state index contributed by atoms with van der Waals surface area (Å²) in [6, 6.07) is 11.0. The Balaban J connectivity index is 1.52. The van der Waals surface area contributed by atoms with Gasteiger partial charge in [0.15, 0.2) is 0 Å². The Labute approximate surface area is 157 Å². The van der Waals surface area contributed by atoms with Gasteiger partial charge in [0.2, 0.25) is 5.91 Å². The van der Waals surface area contributed by atoms with Crippen molar-refractivity contribution in [1.82, 2.24) is 4.90 Å². The van der Waals surface area contributed by atoms with E-state index < -0.39 is 0 Å². The Morgan fingerprint density at radius 3 is 2.50 bits per heavy atom. The minimum atomic E-state index is -0.132. The highest BCUT2D eigenvalue weighted by Crippen LogP contribution is 2.17. The zero-order valence-corrected chi connectivity index (χ0v) is 15.7. The van der Waals surface area contributed by atoms with Crippen LogP contribution in [0.5, 0.6) is 0 Å². The number of hydrogen-bond acceptors (Lipinski definition) is 5. The summed E-state index contributed by atoms with van der Waals surface area (Å²) in [7, 11) is 0. The minimum Gasteiger partial charge on any atom is -0.376 e. The number of morpholine rings is 1. The van der Waals surface area contributed by atoms with Crippen LogP contribution in [0.25, 0.3) is 0 Å². The number of carbonyl (C=O) groups is 2. The van der Waals surface area contributed by atoms with Gasteiger partial charge < -0.3 is 15.4 Å². The first kappa shape index (κ1) is 18.6. The average molecular weight is 373 g/mol. The maximum Gasteiger partial charge on any atom is 0.265 e. The zero-order chi connectivity index (χ0) is 18.5. The molecule has 0 spiro atoms. The highest BCUT2D eigenvalue weighted by atomic mass is 32.1. The molecule has 138 valence electrons. The Hall–Kier alpha value is -2.22. The van der Waals surface area contributed by atoms with E-state index >= 15 is 0 Å². The van der Waals surface area contributed by atoms with Crippen molar-refractivity contribution >= 4 is 34.5 Å². The summed E-state index contributed by atoms with van der Waals surface area (Å²) in [6.45, 7) is 5.81. The fraction of sp³-hybridized carbons (Fsp3) is 0.368. The van der Waals surface area contributed by atoms with Gasteiger partial charge in [-0.2, -0.15) is 0 Å². The number of hydrogen-bond donors (Lipinski definition) is 2. The van der Waals surface area contributed by atoms with Crippen LogP contribution in [0.15, 0.2) is 41.8 Å². The molecule has 2 heterocycles. The summed E-state index contributed by atoms with van der Waals surface area (Å²) >= 11 is 1.40. The number of anilines is 2. The van der Waals surface area contributed by atoms with Crippen LogP contribution in [0.4, 0.5) is 11.4 Å². The number of amides is 2. The number of benzene rings is 1. The number of nitrogens with one attached hydrogen (secondary N) is 2. The molecule has 7 heteroatoms. The molecule has 0 saturated carbocycles. The molecule has 2 aromatic rings. The molecule has 0 unspecified atom stereocenters. The van der Waals surface area contributed by atoms with Crippen LogP contribution in [-0.2, 0) is 9.53 Å². The predicted octanol–water partition coefficient (Wildman–Crippen LogP) is 3.05. The summed E-state index contributed by atoms with van der Waals surface area (Å²) < 4.78 is 5.58.